The van der Waals surface area contributed by atoms with Crippen LogP contribution in [0.3, 0.4) is 0 Å². The molecule has 0 unspecified atom stereocenters. The molecule has 0 aromatic carbocycles. The van der Waals surface area contributed by atoms with Crippen LogP contribution in [0, 0.1) is 0 Å². The third-order valence-electron chi connectivity index (χ3n) is 3.55. The summed E-state index contributed by atoms with van der Waals surface area (Å²) in [4.78, 5) is 13.6. The minimum atomic E-state index is 0.473. The van der Waals surface area contributed by atoms with Crippen molar-refractivity contribution in [2.75, 3.05) is 11.9 Å². The summed E-state index contributed by atoms with van der Waals surface area (Å²) in [5.74, 6) is 1.47. The topological polar surface area (TPSA) is 50.7 Å². The van der Waals surface area contributed by atoms with Crippen molar-refractivity contribution in [2.24, 2.45) is 0 Å². The Morgan fingerprint density at radius 1 is 1.19 bits per heavy atom. The molecular weight excluding hydrogens is 307 g/mol. The molecule has 0 amide bonds. The highest BCUT2D eigenvalue weighted by Crippen LogP contribution is 2.31. The quantitative estimate of drug-likeness (QED) is 0.921. The molecule has 0 spiro atoms. The fourth-order valence-electron chi connectivity index (χ4n) is 2.59. The van der Waals surface area contributed by atoms with Crippen molar-refractivity contribution in [2.45, 2.75) is 32.6 Å². The average molecular weight is 323 g/mol. The zero-order valence-corrected chi connectivity index (χ0v) is 13.3. The van der Waals surface area contributed by atoms with Crippen LogP contribution in [0.15, 0.2) is 12.3 Å². The van der Waals surface area contributed by atoms with Crippen LogP contribution in [0.4, 0.5) is 5.82 Å². The van der Waals surface area contributed by atoms with Crippen LogP contribution in [-0.2, 0) is 12.8 Å². The van der Waals surface area contributed by atoms with E-state index in [1.807, 2.05) is 0 Å². The van der Waals surface area contributed by atoms with Gasteiger partial charge in [-0.1, -0.05) is 23.2 Å². The fraction of sp³-hybridized carbons (Fsp3) is 0.400. The van der Waals surface area contributed by atoms with Gasteiger partial charge in [0.1, 0.15) is 11.5 Å². The second-order valence-electron chi connectivity index (χ2n) is 5.04. The van der Waals surface area contributed by atoms with E-state index in [-0.39, 0.29) is 0 Å². The van der Waals surface area contributed by atoms with E-state index in [4.69, 9.17) is 23.2 Å². The van der Waals surface area contributed by atoms with E-state index >= 15 is 0 Å². The van der Waals surface area contributed by atoms with Crippen molar-refractivity contribution in [1.29, 1.82) is 0 Å². The Kier molecular flexibility index (Phi) is 4.27. The minimum absolute atomic E-state index is 0.473. The van der Waals surface area contributed by atoms with Crippen molar-refractivity contribution < 1.29 is 0 Å². The van der Waals surface area contributed by atoms with Gasteiger partial charge >= 0.3 is 0 Å². The highest BCUT2D eigenvalue weighted by atomic mass is 35.5. The molecule has 4 nitrogen and oxygen atoms in total. The summed E-state index contributed by atoms with van der Waals surface area (Å²) in [5, 5.41) is 4.31. The molecule has 6 heteroatoms. The third-order valence-corrected chi connectivity index (χ3v) is 4.04. The lowest BCUT2D eigenvalue weighted by Gasteiger charge is -2.19. The fourth-order valence-corrected chi connectivity index (χ4v) is 3.06. The van der Waals surface area contributed by atoms with Gasteiger partial charge < -0.3 is 5.32 Å². The second-order valence-corrected chi connectivity index (χ2v) is 5.89. The van der Waals surface area contributed by atoms with Gasteiger partial charge in [-0.15, -0.1) is 0 Å². The Labute approximate surface area is 133 Å². The molecule has 2 aromatic heterocycles. The van der Waals surface area contributed by atoms with E-state index in [1.165, 1.54) is 12.0 Å². The molecule has 0 atom stereocenters. The van der Waals surface area contributed by atoms with Gasteiger partial charge in [0, 0.05) is 24.0 Å². The highest BCUT2D eigenvalue weighted by molar-refractivity contribution is 6.35. The standard InChI is InChI=1S/C15H16Cl2N4/c1-2-18-14-10-5-3-4-6-12(10)20-15(21-14)13-11(17)7-9(16)8-19-13/h7-8H,2-6H2,1H3,(H,18,20,21). The van der Waals surface area contributed by atoms with Gasteiger partial charge in [0.2, 0.25) is 0 Å². The smallest absolute Gasteiger partial charge is 0.181 e. The maximum absolute atomic E-state index is 6.23. The molecule has 21 heavy (non-hydrogen) atoms. The molecule has 1 aliphatic carbocycles. The molecule has 110 valence electrons. The second kappa shape index (κ2) is 6.16. The van der Waals surface area contributed by atoms with E-state index in [1.54, 1.807) is 12.3 Å². The minimum Gasteiger partial charge on any atom is -0.370 e. The molecule has 1 aliphatic rings. The molecule has 0 fully saturated rings. The van der Waals surface area contributed by atoms with Gasteiger partial charge in [-0.25, -0.2) is 15.0 Å². The average Bonchev–Trinajstić information content (AvgIpc) is 2.47. The lowest BCUT2D eigenvalue weighted by molar-refractivity contribution is 0.664. The third kappa shape index (κ3) is 2.97. The summed E-state index contributed by atoms with van der Waals surface area (Å²) in [6.07, 6.45) is 5.93. The summed E-state index contributed by atoms with van der Waals surface area (Å²) in [5.41, 5.74) is 2.92. The van der Waals surface area contributed by atoms with Gasteiger partial charge in [-0.2, -0.15) is 0 Å². The van der Waals surface area contributed by atoms with Crippen LogP contribution in [-0.4, -0.2) is 21.5 Å². The molecule has 3 rings (SSSR count). The zero-order chi connectivity index (χ0) is 14.8. The van der Waals surface area contributed by atoms with Crippen LogP contribution >= 0.6 is 23.2 Å². The summed E-state index contributed by atoms with van der Waals surface area (Å²) in [6.45, 7) is 2.88. The first kappa shape index (κ1) is 14.5. The first-order valence-corrected chi connectivity index (χ1v) is 7.89. The predicted octanol–water partition coefficient (Wildman–Crippen LogP) is 4.16. The molecule has 0 bridgehead atoms. The first-order chi connectivity index (χ1) is 10.2. The Morgan fingerprint density at radius 3 is 2.76 bits per heavy atom. The van der Waals surface area contributed by atoms with Crippen LogP contribution in [0.25, 0.3) is 11.5 Å². The maximum Gasteiger partial charge on any atom is 0.181 e. The molecule has 1 N–H and O–H groups in total. The molecule has 0 aliphatic heterocycles. The van der Waals surface area contributed by atoms with Crippen molar-refractivity contribution in [3.63, 3.8) is 0 Å². The number of aryl methyl sites for hydroxylation is 1. The van der Waals surface area contributed by atoms with Crippen LogP contribution in [0.1, 0.15) is 31.0 Å². The van der Waals surface area contributed by atoms with Crippen molar-refractivity contribution >= 4 is 29.0 Å². The van der Waals surface area contributed by atoms with E-state index in [2.05, 4.69) is 27.2 Å². The highest BCUT2D eigenvalue weighted by Gasteiger charge is 2.19. The van der Waals surface area contributed by atoms with Crippen LogP contribution in [0.5, 0.6) is 0 Å². The van der Waals surface area contributed by atoms with Crippen LogP contribution < -0.4 is 5.32 Å². The summed E-state index contributed by atoms with van der Waals surface area (Å²) in [7, 11) is 0. The van der Waals surface area contributed by atoms with E-state index in [0.29, 0.717) is 21.6 Å². The summed E-state index contributed by atoms with van der Waals surface area (Å²) >= 11 is 12.1. The zero-order valence-electron chi connectivity index (χ0n) is 11.8. The normalized spacial score (nSPS) is 13.9. The van der Waals surface area contributed by atoms with E-state index in [0.717, 1.165) is 37.3 Å². The molecule has 2 aromatic rings. The number of pyridine rings is 1. The Balaban J connectivity index is 2.12. The summed E-state index contributed by atoms with van der Waals surface area (Å²) < 4.78 is 0. The number of aromatic nitrogens is 3. The number of halogens is 2. The Morgan fingerprint density at radius 2 is 2.00 bits per heavy atom. The van der Waals surface area contributed by atoms with Crippen molar-refractivity contribution in [3.05, 3.63) is 33.6 Å². The van der Waals surface area contributed by atoms with Gasteiger partial charge in [0.05, 0.1) is 10.0 Å². The number of rotatable bonds is 3. The SMILES string of the molecule is CCNc1nc(-c2ncc(Cl)cc2Cl)nc2c1CCCC2. The molecular formula is C15H16Cl2N4. The van der Waals surface area contributed by atoms with Crippen LogP contribution in [0.2, 0.25) is 10.0 Å². The molecule has 0 saturated heterocycles. The first-order valence-electron chi connectivity index (χ1n) is 7.14. The van der Waals surface area contributed by atoms with E-state index in [9.17, 15) is 0 Å². The number of hydrogen-bond acceptors (Lipinski definition) is 4. The molecule has 0 saturated carbocycles. The number of nitrogens with one attached hydrogen (secondary N) is 1. The van der Waals surface area contributed by atoms with Gasteiger partial charge in [-0.3, -0.25) is 0 Å². The predicted molar refractivity (Wildman–Crippen MR) is 86.1 cm³/mol. The monoisotopic (exact) mass is 322 g/mol. The van der Waals surface area contributed by atoms with Crippen molar-refractivity contribution in [3.8, 4) is 11.5 Å². The number of fused-ring (bicyclic) bond motifs is 1. The van der Waals surface area contributed by atoms with Crippen molar-refractivity contribution in [1.82, 2.24) is 15.0 Å². The maximum atomic E-state index is 6.23. The number of nitrogens with zero attached hydrogens (tertiary/aromatic N) is 3. The lowest BCUT2D eigenvalue weighted by atomic mass is 9.96. The Hall–Kier alpha value is -1.39. The van der Waals surface area contributed by atoms with Gasteiger partial charge in [-0.05, 0) is 38.7 Å². The largest absolute Gasteiger partial charge is 0.370 e. The number of anilines is 1. The van der Waals surface area contributed by atoms with Gasteiger partial charge in [0.25, 0.3) is 0 Å². The summed E-state index contributed by atoms with van der Waals surface area (Å²) in [6, 6.07) is 1.67. The molecule has 2 heterocycles. The lowest BCUT2D eigenvalue weighted by Crippen LogP contribution is -2.13. The van der Waals surface area contributed by atoms with E-state index < -0.39 is 0 Å². The van der Waals surface area contributed by atoms with Gasteiger partial charge in [0.15, 0.2) is 5.82 Å². The molecule has 0 radical (unpaired) electrons. The Bertz CT molecular complexity index is 673. The number of hydrogen-bond donors (Lipinski definition) is 1.